The Morgan fingerprint density at radius 2 is 1.79 bits per heavy atom. The Hall–Kier alpha value is -2.35. The molecule has 0 aromatic carbocycles. The molecule has 4 aliphatic carbocycles. The maximum atomic E-state index is 12.7. The van der Waals surface area contributed by atoms with Crippen molar-refractivity contribution in [3.63, 3.8) is 0 Å². The van der Waals surface area contributed by atoms with E-state index in [4.69, 9.17) is 0 Å². The lowest BCUT2D eigenvalue weighted by molar-refractivity contribution is -0.380. The van der Waals surface area contributed by atoms with Crippen molar-refractivity contribution in [2.75, 3.05) is 0 Å². The van der Waals surface area contributed by atoms with E-state index in [2.05, 4.69) is 17.3 Å². The summed E-state index contributed by atoms with van der Waals surface area (Å²) in [4.78, 5) is 36.2. The number of nitrogens with zero attached hydrogens (tertiary/aromatic N) is 3. The Kier molecular flexibility index (Phi) is 2.69. The highest BCUT2D eigenvalue weighted by atomic mass is 32.1. The molecular formula is C16H13N3O4S. The van der Waals surface area contributed by atoms with E-state index in [9.17, 15) is 19.7 Å². The van der Waals surface area contributed by atoms with Crippen molar-refractivity contribution < 1.29 is 14.5 Å². The fourth-order valence-corrected chi connectivity index (χ4v) is 5.37. The molecule has 6 rings (SSSR count). The smallest absolute Gasteiger partial charge is 0.272 e. The molecule has 0 unspecified atom stereocenters. The van der Waals surface area contributed by atoms with Gasteiger partial charge in [0, 0.05) is 6.07 Å². The normalized spacial score (nSPS) is 38.8. The third kappa shape index (κ3) is 1.74. The van der Waals surface area contributed by atoms with Gasteiger partial charge in [0.25, 0.3) is 11.8 Å². The summed E-state index contributed by atoms with van der Waals surface area (Å²) >= 11 is 0.963. The van der Waals surface area contributed by atoms with Crippen molar-refractivity contribution >= 4 is 34.4 Å². The van der Waals surface area contributed by atoms with Crippen molar-refractivity contribution in [1.29, 1.82) is 0 Å². The topological polar surface area (TPSA) is 92.9 Å². The van der Waals surface area contributed by atoms with Crippen LogP contribution in [0.1, 0.15) is 11.3 Å². The quantitative estimate of drug-likeness (QED) is 0.276. The molecule has 2 saturated carbocycles. The van der Waals surface area contributed by atoms with E-state index in [0.717, 1.165) is 22.8 Å². The molecule has 0 radical (unpaired) electrons. The summed E-state index contributed by atoms with van der Waals surface area (Å²) in [5, 5.41) is 15.8. The largest absolute Gasteiger partial charge is 0.324 e. The Morgan fingerprint density at radius 3 is 2.33 bits per heavy atom. The van der Waals surface area contributed by atoms with Gasteiger partial charge in [-0.3, -0.25) is 19.7 Å². The summed E-state index contributed by atoms with van der Waals surface area (Å²) in [6.07, 6.45) is 6.71. The zero-order valence-electron chi connectivity index (χ0n) is 12.4. The molecule has 2 amide bonds. The molecule has 8 heteroatoms. The minimum Gasteiger partial charge on any atom is -0.272 e. The van der Waals surface area contributed by atoms with Crippen LogP contribution in [0.2, 0.25) is 0 Å². The summed E-state index contributed by atoms with van der Waals surface area (Å²) in [5.41, 5.74) is 0. The lowest BCUT2D eigenvalue weighted by Gasteiger charge is -2.37. The van der Waals surface area contributed by atoms with E-state index in [-0.39, 0.29) is 40.5 Å². The summed E-state index contributed by atoms with van der Waals surface area (Å²) in [5.74, 6) is 0.462. The summed E-state index contributed by atoms with van der Waals surface area (Å²) < 4.78 is 0. The van der Waals surface area contributed by atoms with Gasteiger partial charge in [-0.05, 0) is 36.2 Å². The van der Waals surface area contributed by atoms with Crippen LogP contribution in [0, 0.1) is 45.6 Å². The van der Waals surface area contributed by atoms with E-state index in [1.807, 2.05) is 0 Å². The number of hydrazone groups is 1. The number of amides is 2. The van der Waals surface area contributed by atoms with Crippen LogP contribution < -0.4 is 0 Å². The van der Waals surface area contributed by atoms with Crippen LogP contribution in [0.5, 0.6) is 0 Å². The first kappa shape index (κ1) is 14.0. The maximum absolute atomic E-state index is 12.7. The molecule has 2 bridgehead atoms. The zero-order chi connectivity index (χ0) is 16.6. The first-order valence-corrected chi connectivity index (χ1v) is 8.72. The SMILES string of the molecule is O=C1[C@@H]2[C@H]3C=C[C@@H]([C@@H]4C[C@@H]34)[C@H]2C(=O)N1N=Cc1ccc([N+](=O)[O-])s1. The average Bonchev–Trinajstić information content (AvgIpc) is 3.20. The number of rotatable bonds is 3. The van der Waals surface area contributed by atoms with Crippen molar-refractivity contribution in [2.45, 2.75) is 6.42 Å². The minimum absolute atomic E-state index is 0.00604. The Labute approximate surface area is 140 Å². The Bertz CT molecular complexity index is 808. The molecule has 1 aromatic rings. The predicted octanol–water partition coefficient (Wildman–Crippen LogP) is 2.04. The van der Waals surface area contributed by atoms with Crippen LogP contribution in [0.4, 0.5) is 5.00 Å². The van der Waals surface area contributed by atoms with E-state index in [1.165, 1.54) is 12.3 Å². The van der Waals surface area contributed by atoms with Gasteiger partial charge in [-0.2, -0.15) is 10.1 Å². The number of carbonyl (C=O) groups is 2. The third-order valence-corrected chi connectivity index (χ3v) is 6.70. The molecule has 0 spiro atoms. The van der Waals surface area contributed by atoms with Crippen LogP contribution in [-0.2, 0) is 9.59 Å². The summed E-state index contributed by atoms with van der Waals surface area (Å²) in [6, 6.07) is 2.95. The van der Waals surface area contributed by atoms with Crippen LogP contribution in [-0.4, -0.2) is 28.0 Å². The minimum atomic E-state index is -0.474. The van der Waals surface area contributed by atoms with Crippen LogP contribution in [0.25, 0.3) is 0 Å². The van der Waals surface area contributed by atoms with Gasteiger partial charge in [0.15, 0.2) is 0 Å². The van der Waals surface area contributed by atoms with Crippen molar-refractivity contribution in [1.82, 2.24) is 5.01 Å². The number of carbonyl (C=O) groups excluding carboxylic acids is 2. The second-order valence-corrected chi connectivity index (χ2v) is 7.91. The first-order valence-electron chi connectivity index (χ1n) is 7.90. The lowest BCUT2D eigenvalue weighted by Crippen LogP contribution is -2.40. The molecule has 1 saturated heterocycles. The molecule has 122 valence electrons. The van der Waals surface area contributed by atoms with Gasteiger partial charge in [0.05, 0.1) is 27.9 Å². The highest BCUT2D eigenvalue weighted by Crippen LogP contribution is 2.65. The molecule has 1 aliphatic heterocycles. The highest BCUT2D eigenvalue weighted by Gasteiger charge is 2.67. The molecular weight excluding hydrogens is 330 g/mol. The van der Waals surface area contributed by atoms with Gasteiger partial charge < -0.3 is 0 Å². The maximum Gasteiger partial charge on any atom is 0.324 e. The van der Waals surface area contributed by atoms with Gasteiger partial charge >= 0.3 is 5.00 Å². The van der Waals surface area contributed by atoms with E-state index < -0.39 is 4.92 Å². The van der Waals surface area contributed by atoms with Crippen molar-refractivity contribution in [3.8, 4) is 0 Å². The average molecular weight is 343 g/mol. The van der Waals surface area contributed by atoms with Crippen molar-refractivity contribution in [2.24, 2.45) is 40.6 Å². The monoisotopic (exact) mass is 343 g/mol. The molecule has 2 heterocycles. The van der Waals surface area contributed by atoms with Crippen LogP contribution in [0.3, 0.4) is 0 Å². The number of allylic oxidation sites excluding steroid dienone is 2. The number of thiophene rings is 1. The fraction of sp³-hybridized carbons (Fsp3) is 0.438. The number of hydrogen-bond acceptors (Lipinski definition) is 6. The second-order valence-electron chi connectivity index (χ2n) is 6.82. The molecule has 7 nitrogen and oxygen atoms in total. The molecule has 1 aromatic heterocycles. The predicted molar refractivity (Wildman–Crippen MR) is 85.1 cm³/mol. The van der Waals surface area contributed by atoms with E-state index in [1.54, 1.807) is 6.07 Å². The van der Waals surface area contributed by atoms with Crippen molar-refractivity contribution in [3.05, 3.63) is 39.3 Å². The Morgan fingerprint density at radius 1 is 1.17 bits per heavy atom. The number of nitro groups is 1. The first-order chi connectivity index (χ1) is 11.6. The fourth-order valence-electron chi connectivity index (χ4n) is 4.68. The Balaban J connectivity index is 1.42. The van der Waals surface area contributed by atoms with Gasteiger partial charge in [0.1, 0.15) is 0 Å². The number of imide groups is 1. The standard InChI is InChI=1S/C16H13N3O4S/c20-15-13-8-2-3-9(11-5-10(8)11)14(13)16(21)18(15)17-6-7-1-4-12(24-7)19(22)23/h1-4,6,8-11,13-14H,5H2/t8-,9-,10-,11-,13+,14+/m0/s1. The zero-order valence-corrected chi connectivity index (χ0v) is 13.3. The van der Waals surface area contributed by atoms with Gasteiger partial charge in [-0.1, -0.05) is 23.5 Å². The molecule has 0 N–H and O–H groups in total. The molecule has 24 heavy (non-hydrogen) atoms. The lowest BCUT2D eigenvalue weighted by atomic mass is 9.63. The van der Waals surface area contributed by atoms with Gasteiger partial charge in [-0.15, -0.1) is 0 Å². The summed E-state index contributed by atoms with van der Waals surface area (Å²) in [6.45, 7) is 0. The highest BCUT2D eigenvalue weighted by molar-refractivity contribution is 7.16. The molecule has 6 atom stereocenters. The third-order valence-electron chi connectivity index (χ3n) is 5.73. The summed E-state index contributed by atoms with van der Waals surface area (Å²) in [7, 11) is 0. The second kappa shape index (κ2) is 4.60. The number of hydrogen-bond donors (Lipinski definition) is 0. The van der Waals surface area contributed by atoms with E-state index >= 15 is 0 Å². The molecule has 5 aliphatic rings. The van der Waals surface area contributed by atoms with E-state index in [0.29, 0.717) is 16.7 Å². The van der Waals surface area contributed by atoms with Crippen LogP contribution >= 0.6 is 11.3 Å². The van der Waals surface area contributed by atoms with Crippen LogP contribution in [0.15, 0.2) is 29.4 Å². The van der Waals surface area contributed by atoms with Gasteiger partial charge in [-0.25, -0.2) is 0 Å². The van der Waals surface area contributed by atoms with Gasteiger partial charge in [0.2, 0.25) is 0 Å². The molecule has 3 fully saturated rings.